The number of nitrogens with zero attached hydrogens (tertiary/aromatic N) is 3. The van der Waals surface area contributed by atoms with Crippen LogP contribution in [0.4, 0.5) is 5.69 Å². The smallest absolute Gasteiger partial charge is 0.145 e. The molecule has 1 atom stereocenters. The standard InChI is InChI=1S/C21H30N4O/c1-2-15-26-20-7-3-6-18-19(8-9-23-21(18)20)25-12-4-5-17(16-25)24-13-10-22-11-14-24/h3,6-9,17,22H,2,4-5,10-16H2,1H3. The summed E-state index contributed by atoms with van der Waals surface area (Å²) in [5.74, 6) is 0.905. The molecule has 0 radical (unpaired) electrons. The largest absolute Gasteiger partial charge is 0.491 e. The Morgan fingerprint density at radius 1 is 1.19 bits per heavy atom. The third-order valence-electron chi connectivity index (χ3n) is 5.58. The summed E-state index contributed by atoms with van der Waals surface area (Å²) < 4.78 is 5.93. The number of piperazine rings is 1. The van der Waals surface area contributed by atoms with Gasteiger partial charge in [0.1, 0.15) is 11.3 Å². The van der Waals surface area contributed by atoms with Crippen LogP contribution in [0.3, 0.4) is 0 Å². The van der Waals surface area contributed by atoms with Crippen LogP contribution in [-0.4, -0.2) is 61.8 Å². The summed E-state index contributed by atoms with van der Waals surface area (Å²) in [5.41, 5.74) is 2.29. The molecule has 0 bridgehead atoms. The van der Waals surface area contributed by atoms with Crippen molar-refractivity contribution < 1.29 is 4.74 Å². The molecule has 2 fully saturated rings. The van der Waals surface area contributed by atoms with Crippen molar-refractivity contribution in [2.75, 3.05) is 50.8 Å². The Morgan fingerprint density at radius 2 is 2.08 bits per heavy atom. The van der Waals surface area contributed by atoms with Gasteiger partial charge in [-0.05, 0) is 31.4 Å². The minimum absolute atomic E-state index is 0.661. The molecule has 1 aromatic heterocycles. The highest BCUT2D eigenvalue weighted by Gasteiger charge is 2.27. The van der Waals surface area contributed by atoms with Crippen LogP contribution in [0.15, 0.2) is 30.5 Å². The first kappa shape index (κ1) is 17.6. The van der Waals surface area contributed by atoms with E-state index in [1.54, 1.807) is 0 Å². The van der Waals surface area contributed by atoms with E-state index >= 15 is 0 Å². The monoisotopic (exact) mass is 354 g/mol. The fraction of sp³-hybridized carbons (Fsp3) is 0.571. The van der Waals surface area contributed by atoms with Crippen LogP contribution in [-0.2, 0) is 0 Å². The van der Waals surface area contributed by atoms with Crippen LogP contribution in [0.2, 0.25) is 0 Å². The molecule has 3 heterocycles. The van der Waals surface area contributed by atoms with E-state index in [0.29, 0.717) is 6.04 Å². The van der Waals surface area contributed by atoms with E-state index in [2.05, 4.69) is 45.2 Å². The van der Waals surface area contributed by atoms with Gasteiger partial charge in [0.05, 0.1) is 6.61 Å². The zero-order chi connectivity index (χ0) is 17.8. The normalized spacial score (nSPS) is 21.9. The van der Waals surface area contributed by atoms with E-state index in [4.69, 9.17) is 4.74 Å². The molecule has 0 amide bonds. The zero-order valence-electron chi connectivity index (χ0n) is 15.8. The summed E-state index contributed by atoms with van der Waals surface area (Å²) in [6, 6.07) is 9.15. The van der Waals surface area contributed by atoms with Crippen LogP contribution in [0.5, 0.6) is 5.75 Å². The van der Waals surface area contributed by atoms with Gasteiger partial charge in [0.25, 0.3) is 0 Å². The molecule has 140 valence electrons. The van der Waals surface area contributed by atoms with Crippen LogP contribution in [0.25, 0.3) is 10.9 Å². The Labute approximate surface area is 156 Å². The minimum atomic E-state index is 0.661. The number of pyridine rings is 1. The fourth-order valence-corrected chi connectivity index (χ4v) is 4.26. The Hall–Kier alpha value is -1.85. The quantitative estimate of drug-likeness (QED) is 0.894. The summed E-state index contributed by atoms with van der Waals surface area (Å²) >= 11 is 0. The van der Waals surface area contributed by atoms with Crippen molar-refractivity contribution in [3.63, 3.8) is 0 Å². The SMILES string of the molecule is CCCOc1cccc2c(N3CCCC(N4CCNCC4)C3)ccnc12. The van der Waals surface area contributed by atoms with Gasteiger partial charge in [0.15, 0.2) is 0 Å². The number of nitrogens with one attached hydrogen (secondary N) is 1. The first-order valence-corrected chi connectivity index (χ1v) is 10.1. The van der Waals surface area contributed by atoms with Crippen molar-refractivity contribution in [1.29, 1.82) is 0 Å². The van der Waals surface area contributed by atoms with Gasteiger partial charge in [-0.2, -0.15) is 0 Å². The summed E-state index contributed by atoms with van der Waals surface area (Å²) in [6.45, 7) is 9.68. The van der Waals surface area contributed by atoms with Crippen molar-refractivity contribution >= 4 is 16.6 Å². The number of anilines is 1. The maximum Gasteiger partial charge on any atom is 0.145 e. The molecule has 26 heavy (non-hydrogen) atoms. The van der Waals surface area contributed by atoms with Crippen molar-refractivity contribution in [2.45, 2.75) is 32.2 Å². The lowest BCUT2D eigenvalue weighted by atomic mass is 10.0. The zero-order valence-corrected chi connectivity index (χ0v) is 15.8. The summed E-state index contributed by atoms with van der Waals surface area (Å²) in [6.07, 6.45) is 5.51. The molecule has 0 saturated carbocycles. The number of piperidine rings is 1. The predicted octanol–water partition coefficient (Wildman–Crippen LogP) is 2.90. The predicted molar refractivity (Wildman–Crippen MR) is 107 cm³/mol. The summed E-state index contributed by atoms with van der Waals surface area (Å²) in [7, 11) is 0. The highest BCUT2D eigenvalue weighted by molar-refractivity contribution is 5.95. The number of hydrogen-bond donors (Lipinski definition) is 1. The lowest BCUT2D eigenvalue weighted by Crippen LogP contribution is -2.54. The fourth-order valence-electron chi connectivity index (χ4n) is 4.26. The molecule has 0 aliphatic carbocycles. The summed E-state index contributed by atoms with van der Waals surface area (Å²) in [5, 5.41) is 4.68. The van der Waals surface area contributed by atoms with Crippen LogP contribution in [0, 0.1) is 0 Å². The molecule has 1 unspecified atom stereocenters. The number of rotatable bonds is 5. The van der Waals surface area contributed by atoms with Crippen LogP contribution in [0.1, 0.15) is 26.2 Å². The van der Waals surface area contributed by atoms with Crippen molar-refractivity contribution in [3.05, 3.63) is 30.5 Å². The number of para-hydroxylation sites is 1. The molecular weight excluding hydrogens is 324 g/mol. The molecule has 5 heteroatoms. The maximum absolute atomic E-state index is 5.93. The number of hydrogen-bond acceptors (Lipinski definition) is 5. The van der Waals surface area contributed by atoms with Crippen molar-refractivity contribution in [3.8, 4) is 5.75 Å². The number of aromatic nitrogens is 1. The number of ether oxygens (including phenoxy) is 1. The van der Waals surface area contributed by atoms with Crippen LogP contribution >= 0.6 is 0 Å². The minimum Gasteiger partial charge on any atom is -0.491 e. The highest BCUT2D eigenvalue weighted by atomic mass is 16.5. The van der Waals surface area contributed by atoms with Gasteiger partial charge in [-0.1, -0.05) is 19.1 Å². The third-order valence-corrected chi connectivity index (χ3v) is 5.58. The second-order valence-electron chi connectivity index (χ2n) is 7.36. The number of benzene rings is 1. The average molecular weight is 354 g/mol. The van der Waals surface area contributed by atoms with Gasteiger partial charge in [-0.15, -0.1) is 0 Å². The highest BCUT2D eigenvalue weighted by Crippen LogP contribution is 2.33. The maximum atomic E-state index is 5.93. The van der Waals surface area contributed by atoms with E-state index in [1.165, 1.54) is 37.0 Å². The van der Waals surface area contributed by atoms with E-state index in [0.717, 1.165) is 50.5 Å². The molecule has 2 saturated heterocycles. The topological polar surface area (TPSA) is 40.6 Å². The Morgan fingerprint density at radius 3 is 2.92 bits per heavy atom. The molecule has 4 rings (SSSR count). The molecule has 0 spiro atoms. The van der Waals surface area contributed by atoms with Gasteiger partial charge >= 0.3 is 0 Å². The Bertz CT molecular complexity index is 729. The molecule has 5 nitrogen and oxygen atoms in total. The first-order chi connectivity index (χ1) is 12.9. The molecule has 2 aliphatic heterocycles. The molecule has 2 aliphatic rings. The average Bonchev–Trinajstić information content (AvgIpc) is 2.72. The van der Waals surface area contributed by atoms with Gasteiger partial charge in [0, 0.05) is 62.6 Å². The van der Waals surface area contributed by atoms with Crippen molar-refractivity contribution in [2.24, 2.45) is 0 Å². The van der Waals surface area contributed by atoms with Gasteiger partial charge in [-0.25, -0.2) is 0 Å². The molecule has 1 N–H and O–H groups in total. The van der Waals surface area contributed by atoms with Crippen molar-refractivity contribution in [1.82, 2.24) is 15.2 Å². The lowest BCUT2D eigenvalue weighted by Gasteiger charge is -2.42. The first-order valence-electron chi connectivity index (χ1n) is 10.1. The van der Waals surface area contributed by atoms with Crippen LogP contribution < -0.4 is 15.0 Å². The van der Waals surface area contributed by atoms with Gasteiger partial charge < -0.3 is 15.0 Å². The van der Waals surface area contributed by atoms with E-state index in [-0.39, 0.29) is 0 Å². The Balaban J connectivity index is 1.59. The van der Waals surface area contributed by atoms with E-state index < -0.39 is 0 Å². The molecule has 1 aromatic carbocycles. The third kappa shape index (κ3) is 3.64. The van der Waals surface area contributed by atoms with E-state index in [9.17, 15) is 0 Å². The molecule has 2 aromatic rings. The van der Waals surface area contributed by atoms with Gasteiger partial charge in [0.2, 0.25) is 0 Å². The molecular formula is C21H30N4O. The number of fused-ring (bicyclic) bond motifs is 1. The lowest BCUT2D eigenvalue weighted by molar-refractivity contribution is 0.156. The van der Waals surface area contributed by atoms with E-state index in [1.807, 2.05) is 12.3 Å². The second kappa shape index (κ2) is 8.23. The van der Waals surface area contributed by atoms with Gasteiger partial charge in [-0.3, -0.25) is 9.88 Å². The summed E-state index contributed by atoms with van der Waals surface area (Å²) in [4.78, 5) is 9.86. The Kier molecular flexibility index (Phi) is 5.56. The second-order valence-corrected chi connectivity index (χ2v) is 7.36.